The minimum atomic E-state index is -0.332. The summed E-state index contributed by atoms with van der Waals surface area (Å²) in [7, 11) is 0. The highest BCUT2D eigenvalue weighted by atomic mass is 32.1. The third-order valence-electron chi connectivity index (χ3n) is 3.68. The zero-order chi connectivity index (χ0) is 12.3. The number of aliphatic hydroxyl groups is 1. The Hall–Kier alpha value is -0.450. The Bertz CT molecular complexity index is 345. The molecule has 0 saturated carbocycles. The molecule has 0 spiro atoms. The van der Waals surface area contributed by atoms with E-state index in [0.29, 0.717) is 0 Å². The molecule has 1 N–H and O–H groups in total. The SMILES string of the molecule is Cc1ncsc1C(O)CCN1CCC(C)CC1. The van der Waals surface area contributed by atoms with Gasteiger partial charge in [-0.05, 0) is 45.2 Å². The van der Waals surface area contributed by atoms with Crippen molar-refractivity contribution >= 4 is 11.3 Å². The lowest BCUT2D eigenvalue weighted by Crippen LogP contribution is -2.34. The van der Waals surface area contributed by atoms with Gasteiger partial charge < -0.3 is 10.0 Å². The molecule has 0 aromatic carbocycles. The Kier molecular flexibility index (Phi) is 4.54. The largest absolute Gasteiger partial charge is 0.387 e. The Morgan fingerprint density at radius 2 is 2.24 bits per heavy atom. The van der Waals surface area contributed by atoms with Gasteiger partial charge in [0.25, 0.3) is 0 Å². The van der Waals surface area contributed by atoms with E-state index in [1.165, 1.54) is 25.9 Å². The molecule has 2 rings (SSSR count). The van der Waals surface area contributed by atoms with Crippen LogP contribution in [0.3, 0.4) is 0 Å². The minimum Gasteiger partial charge on any atom is -0.387 e. The van der Waals surface area contributed by atoms with E-state index in [1.54, 1.807) is 11.3 Å². The Morgan fingerprint density at radius 3 is 2.82 bits per heavy atom. The highest BCUT2D eigenvalue weighted by Gasteiger charge is 2.18. The zero-order valence-electron chi connectivity index (χ0n) is 10.7. The predicted octanol–water partition coefficient (Wildman–Crippen LogP) is 2.61. The molecule has 96 valence electrons. The van der Waals surface area contributed by atoms with Gasteiger partial charge in [-0.2, -0.15) is 0 Å². The van der Waals surface area contributed by atoms with Gasteiger partial charge >= 0.3 is 0 Å². The van der Waals surface area contributed by atoms with Crippen molar-refractivity contribution in [1.82, 2.24) is 9.88 Å². The highest BCUT2D eigenvalue weighted by Crippen LogP contribution is 2.25. The van der Waals surface area contributed by atoms with Gasteiger partial charge in [-0.1, -0.05) is 6.92 Å². The monoisotopic (exact) mass is 254 g/mol. The van der Waals surface area contributed by atoms with E-state index in [-0.39, 0.29) is 6.10 Å². The second kappa shape index (κ2) is 5.94. The Labute approximate surface area is 107 Å². The van der Waals surface area contributed by atoms with Gasteiger partial charge in [0.1, 0.15) is 0 Å². The summed E-state index contributed by atoms with van der Waals surface area (Å²) >= 11 is 1.57. The lowest BCUT2D eigenvalue weighted by molar-refractivity contribution is 0.127. The van der Waals surface area contributed by atoms with E-state index >= 15 is 0 Å². The maximum Gasteiger partial charge on any atom is 0.0912 e. The van der Waals surface area contributed by atoms with E-state index in [0.717, 1.165) is 29.5 Å². The smallest absolute Gasteiger partial charge is 0.0912 e. The summed E-state index contributed by atoms with van der Waals surface area (Å²) in [6.07, 6.45) is 3.10. The van der Waals surface area contributed by atoms with Gasteiger partial charge in [-0.25, -0.2) is 4.98 Å². The van der Waals surface area contributed by atoms with Crippen LogP contribution in [0.1, 0.15) is 42.9 Å². The average molecular weight is 254 g/mol. The van der Waals surface area contributed by atoms with Crippen molar-refractivity contribution in [2.45, 2.75) is 39.2 Å². The second-order valence-corrected chi connectivity index (χ2v) is 6.02. The first kappa shape index (κ1) is 13.0. The zero-order valence-corrected chi connectivity index (χ0v) is 11.5. The van der Waals surface area contributed by atoms with Crippen LogP contribution in [0.15, 0.2) is 5.51 Å². The lowest BCUT2D eigenvalue weighted by Gasteiger charge is -2.30. The van der Waals surface area contributed by atoms with Crippen LogP contribution < -0.4 is 0 Å². The van der Waals surface area contributed by atoms with E-state index < -0.39 is 0 Å². The van der Waals surface area contributed by atoms with Gasteiger partial charge in [-0.15, -0.1) is 11.3 Å². The summed E-state index contributed by atoms with van der Waals surface area (Å²) < 4.78 is 0. The summed E-state index contributed by atoms with van der Waals surface area (Å²) in [6.45, 7) is 7.68. The van der Waals surface area contributed by atoms with Gasteiger partial charge in [0.2, 0.25) is 0 Å². The van der Waals surface area contributed by atoms with Gasteiger partial charge in [-0.3, -0.25) is 0 Å². The number of thiazole rings is 1. The third kappa shape index (κ3) is 3.50. The van der Waals surface area contributed by atoms with Gasteiger partial charge in [0.15, 0.2) is 0 Å². The van der Waals surface area contributed by atoms with Crippen molar-refractivity contribution < 1.29 is 5.11 Å². The second-order valence-electron chi connectivity index (χ2n) is 5.13. The molecule has 1 saturated heterocycles. The summed E-state index contributed by atoms with van der Waals surface area (Å²) in [4.78, 5) is 7.70. The van der Waals surface area contributed by atoms with Gasteiger partial charge in [0, 0.05) is 6.54 Å². The lowest BCUT2D eigenvalue weighted by atomic mass is 9.99. The molecule has 1 atom stereocenters. The van der Waals surface area contributed by atoms with Crippen molar-refractivity contribution in [2.75, 3.05) is 19.6 Å². The molecule has 0 amide bonds. The molecule has 3 nitrogen and oxygen atoms in total. The number of hydrogen-bond donors (Lipinski definition) is 1. The third-order valence-corrected chi connectivity index (χ3v) is 4.71. The van der Waals surface area contributed by atoms with Crippen LogP contribution in [0, 0.1) is 12.8 Å². The topological polar surface area (TPSA) is 36.4 Å². The molecule has 1 fully saturated rings. The van der Waals surface area contributed by atoms with Crippen molar-refractivity contribution in [3.05, 3.63) is 16.1 Å². The first-order valence-corrected chi connectivity index (χ1v) is 7.35. The molecule has 1 aliphatic rings. The first-order chi connectivity index (χ1) is 8.16. The van der Waals surface area contributed by atoms with E-state index in [9.17, 15) is 5.11 Å². The number of aliphatic hydroxyl groups excluding tert-OH is 1. The standard InChI is InChI=1S/C13H22N2OS/c1-10-3-6-15(7-4-10)8-5-12(16)13-11(2)14-9-17-13/h9-10,12,16H,3-8H2,1-2H3. The predicted molar refractivity (Wildman–Crippen MR) is 71.3 cm³/mol. The van der Waals surface area contributed by atoms with E-state index in [1.807, 2.05) is 12.4 Å². The van der Waals surface area contributed by atoms with Crippen molar-refractivity contribution in [1.29, 1.82) is 0 Å². The molecule has 17 heavy (non-hydrogen) atoms. The number of likely N-dealkylation sites (tertiary alicyclic amines) is 1. The molecule has 1 aromatic heterocycles. The summed E-state index contributed by atoms with van der Waals surface area (Å²) in [5, 5.41) is 10.1. The van der Waals surface area contributed by atoms with Crippen LogP contribution in [0.4, 0.5) is 0 Å². The normalized spacial score (nSPS) is 20.6. The number of rotatable bonds is 4. The maximum atomic E-state index is 10.1. The highest BCUT2D eigenvalue weighted by molar-refractivity contribution is 7.09. The van der Waals surface area contributed by atoms with Crippen LogP contribution in [-0.2, 0) is 0 Å². The van der Waals surface area contributed by atoms with Crippen LogP contribution in [0.2, 0.25) is 0 Å². The summed E-state index contributed by atoms with van der Waals surface area (Å²) in [6, 6.07) is 0. The molecule has 0 bridgehead atoms. The molecule has 1 aliphatic heterocycles. The molecule has 4 heteroatoms. The molecular weight excluding hydrogens is 232 g/mol. The van der Waals surface area contributed by atoms with E-state index in [2.05, 4.69) is 16.8 Å². The first-order valence-electron chi connectivity index (χ1n) is 6.47. The maximum absolute atomic E-state index is 10.1. The number of nitrogens with zero attached hydrogens (tertiary/aromatic N) is 2. The summed E-state index contributed by atoms with van der Waals surface area (Å²) in [5.74, 6) is 0.875. The van der Waals surface area contributed by atoms with Crippen molar-refractivity contribution in [2.24, 2.45) is 5.92 Å². The van der Waals surface area contributed by atoms with E-state index in [4.69, 9.17) is 0 Å². The Morgan fingerprint density at radius 1 is 1.53 bits per heavy atom. The number of piperidine rings is 1. The number of aryl methyl sites for hydroxylation is 1. The fourth-order valence-corrected chi connectivity index (χ4v) is 3.17. The van der Waals surface area contributed by atoms with Crippen molar-refractivity contribution in [3.8, 4) is 0 Å². The fraction of sp³-hybridized carbons (Fsp3) is 0.769. The van der Waals surface area contributed by atoms with Crippen LogP contribution >= 0.6 is 11.3 Å². The fourth-order valence-electron chi connectivity index (χ4n) is 2.35. The minimum absolute atomic E-state index is 0.332. The van der Waals surface area contributed by atoms with Crippen LogP contribution in [-0.4, -0.2) is 34.6 Å². The number of aromatic nitrogens is 1. The quantitative estimate of drug-likeness (QED) is 0.897. The Balaban J connectivity index is 1.77. The molecule has 0 aliphatic carbocycles. The average Bonchev–Trinajstić information content (AvgIpc) is 2.74. The van der Waals surface area contributed by atoms with Crippen molar-refractivity contribution in [3.63, 3.8) is 0 Å². The molecule has 0 radical (unpaired) electrons. The molecule has 1 aromatic rings. The molecular formula is C13H22N2OS. The molecule has 2 heterocycles. The number of hydrogen-bond acceptors (Lipinski definition) is 4. The van der Waals surface area contributed by atoms with Crippen LogP contribution in [0.25, 0.3) is 0 Å². The summed E-state index contributed by atoms with van der Waals surface area (Å²) in [5.41, 5.74) is 2.80. The molecule has 1 unspecified atom stereocenters. The van der Waals surface area contributed by atoms with Crippen LogP contribution in [0.5, 0.6) is 0 Å². The van der Waals surface area contributed by atoms with Gasteiger partial charge in [0.05, 0.1) is 22.2 Å².